The lowest BCUT2D eigenvalue weighted by Gasteiger charge is -2.10. The quantitative estimate of drug-likeness (QED) is 0.613. The molecule has 0 radical (unpaired) electrons. The lowest BCUT2D eigenvalue weighted by atomic mass is 10.1. The molecule has 9 heteroatoms. The standard InChI is InChI=1S/C17H17F3N4OS/c1-10-9-13-14(23-16(21)24-15(13)26-10)22-8-2-3-11-4-6-12(7-5-11)25-17(18,19)20/h4-7,9H,2-3,8H2,1H3,(H3,21,22,23,24). The molecule has 138 valence electrons. The maximum Gasteiger partial charge on any atom is 0.573 e. The molecule has 0 aliphatic carbocycles. The van der Waals surface area contributed by atoms with Gasteiger partial charge in [0, 0.05) is 11.4 Å². The molecule has 0 fully saturated rings. The Labute approximate surface area is 152 Å². The summed E-state index contributed by atoms with van der Waals surface area (Å²) in [5.41, 5.74) is 6.67. The molecule has 2 heterocycles. The van der Waals surface area contributed by atoms with Gasteiger partial charge >= 0.3 is 6.36 Å². The van der Waals surface area contributed by atoms with Crippen molar-refractivity contribution in [3.63, 3.8) is 0 Å². The summed E-state index contributed by atoms with van der Waals surface area (Å²) in [4.78, 5) is 10.4. The fourth-order valence-corrected chi connectivity index (χ4v) is 3.44. The number of nitrogens with two attached hydrogens (primary N) is 1. The first kappa shape index (κ1) is 18.2. The molecule has 0 aliphatic rings. The van der Waals surface area contributed by atoms with E-state index in [-0.39, 0.29) is 11.7 Å². The molecular formula is C17H17F3N4OS. The Hall–Kier alpha value is -2.55. The van der Waals surface area contributed by atoms with Gasteiger partial charge in [0.2, 0.25) is 5.95 Å². The minimum Gasteiger partial charge on any atom is -0.406 e. The van der Waals surface area contributed by atoms with Crippen molar-refractivity contribution in [2.24, 2.45) is 0 Å². The number of rotatable bonds is 6. The van der Waals surface area contributed by atoms with Gasteiger partial charge in [-0.25, -0.2) is 4.98 Å². The van der Waals surface area contributed by atoms with Crippen molar-refractivity contribution in [3.05, 3.63) is 40.8 Å². The van der Waals surface area contributed by atoms with Gasteiger partial charge in [0.1, 0.15) is 16.4 Å². The molecule has 0 spiro atoms. The largest absolute Gasteiger partial charge is 0.573 e. The van der Waals surface area contributed by atoms with Crippen LogP contribution in [0.3, 0.4) is 0 Å². The molecule has 0 unspecified atom stereocenters. The highest BCUT2D eigenvalue weighted by molar-refractivity contribution is 7.18. The molecule has 2 aromatic heterocycles. The SMILES string of the molecule is Cc1cc2c(NCCCc3ccc(OC(F)(F)F)cc3)nc(N)nc2s1. The second kappa shape index (κ2) is 7.36. The molecule has 26 heavy (non-hydrogen) atoms. The van der Waals surface area contributed by atoms with Crippen LogP contribution in [0.5, 0.6) is 5.75 Å². The molecule has 3 N–H and O–H groups in total. The highest BCUT2D eigenvalue weighted by Crippen LogP contribution is 2.29. The molecule has 0 saturated heterocycles. The molecule has 1 aromatic carbocycles. The number of nitrogens with one attached hydrogen (secondary N) is 1. The number of nitrogens with zero attached hydrogens (tertiary/aromatic N) is 2. The van der Waals surface area contributed by atoms with E-state index >= 15 is 0 Å². The lowest BCUT2D eigenvalue weighted by Crippen LogP contribution is -2.17. The molecule has 0 saturated carbocycles. The zero-order chi connectivity index (χ0) is 18.7. The molecule has 0 amide bonds. The van der Waals surface area contributed by atoms with Gasteiger partial charge in [-0.1, -0.05) is 12.1 Å². The van der Waals surface area contributed by atoms with E-state index in [2.05, 4.69) is 20.0 Å². The Morgan fingerprint density at radius 1 is 1.19 bits per heavy atom. The van der Waals surface area contributed by atoms with Crippen LogP contribution >= 0.6 is 11.3 Å². The maximum atomic E-state index is 12.1. The number of hydrogen-bond donors (Lipinski definition) is 2. The Kier molecular flexibility index (Phi) is 5.17. The Morgan fingerprint density at radius 2 is 1.92 bits per heavy atom. The second-order valence-electron chi connectivity index (χ2n) is 5.73. The molecule has 5 nitrogen and oxygen atoms in total. The van der Waals surface area contributed by atoms with Crippen LogP contribution in [0.2, 0.25) is 0 Å². The van der Waals surface area contributed by atoms with Crippen LogP contribution in [-0.2, 0) is 6.42 Å². The average molecular weight is 382 g/mol. The van der Waals surface area contributed by atoms with Crippen LogP contribution in [0.25, 0.3) is 10.2 Å². The van der Waals surface area contributed by atoms with Crippen molar-refractivity contribution in [3.8, 4) is 5.75 Å². The topological polar surface area (TPSA) is 73.1 Å². The van der Waals surface area contributed by atoms with Crippen LogP contribution in [-0.4, -0.2) is 22.9 Å². The summed E-state index contributed by atoms with van der Waals surface area (Å²) in [7, 11) is 0. The van der Waals surface area contributed by atoms with Crippen molar-refractivity contribution in [1.29, 1.82) is 0 Å². The van der Waals surface area contributed by atoms with Gasteiger partial charge in [0.05, 0.1) is 5.39 Å². The lowest BCUT2D eigenvalue weighted by molar-refractivity contribution is -0.274. The predicted octanol–water partition coefficient (Wildman–Crippen LogP) is 4.53. The van der Waals surface area contributed by atoms with Gasteiger partial charge in [-0.2, -0.15) is 4.98 Å². The second-order valence-corrected chi connectivity index (χ2v) is 6.96. The number of aryl methyl sites for hydroxylation is 2. The van der Waals surface area contributed by atoms with Crippen LogP contribution in [0.15, 0.2) is 30.3 Å². The zero-order valence-corrected chi connectivity index (χ0v) is 14.7. The van der Waals surface area contributed by atoms with E-state index in [1.807, 2.05) is 13.0 Å². The number of ether oxygens (including phenoxy) is 1. The normalized spacial score (nSPS) is 11.7. The molecular weight excluding hydrogens is 365 g/mol. The summed E-state index contributed by atoms with van der Waals surface area (Å²) in [6.45, 7) is 2.65. The Morgan fingerprint density at radius 3 is 2.62 bits per heavy atom. The Balaban J connectivity index is 1.54. The first-order valence-electron chi connectivity index (χ1n) is 7.92. The monoisotopic (exact) mass is 382 g/mol. The fourth-order valence-electron chi connectivity index (χ4n) is 2.55. The molecule has 0 bridgehead atoms. The van der Waals surface area contributed by atoms with Gasteiger partial charge in [-0.15, -0.1) is 24.5 Å². The number of thiophene rings is 1. The van der Waals surface area contributed by atoms with E-state index in [1.54, 1.807) is 23.5 Å². The number of fused-ring (bicyclic) bond motifs is 1. The number of alkyl halides is 3. The van der Waals surface area contributed by atoms with Crippen LogP contribution in [0.1, 0.15) is 16.9 Å². The maximum absolute atomic E-state index is 12.1. The minimum atomic E-state index is -4.67. The molecule has 0 aliphatic heterocycles. The molecule has 0 atom stereocenters. The first-order valence-corrected chi connectivity index (χ1v) is 8.74. The van der Waals surface area contributed by atoms with Gasteiger partial charge in [-0.3, -0.25) is 0 Å². The third kappa shape index (κ3) is 4.75. The number of hydrogen-bond acceptors (Lipinski definition) is 6. The van der Waals surface area contributed by atoms with E-state index in [9.17, 15) is 13.2 Å². The summed E-state index contributed by atoms with van der Waals surface area (Å²) in [5, 5.41) is 4.20. The van der Waals surface area contributed by atoms with Crippen molar-refractivity contribution in [2.45, 2.75) is 26.1 Å². The zero-order valence-electron chi connectivity index (χ0n) is 13.9. The van der Waals surface area contributed by atoms with E-state index in [0.29, 0.717) is 18.8 Å². The number of benzene rings is 1. The van der Waals surface area contributed by atoms with E-state index in [0.717, 1.165) is 27.1 Å². The smallest absolute Gasteiger partial charge is 0.406 e. The highest BCUT2D eigenvalue weighted by Gasteiger charge is 2.30. The number of anilines is 2. The van der Waals surface area contributed by atoms with Crippen LogP contribution in [0.4, 0.5) is 24.9 Å². The minimum absolute atomic E-state index is 0.217. The van der Waals surface area contributed by atoms with Crippen LogP contribution < -0.4 is 15.8 Å². The highest BCUT2D eigenvalue weighted by atomic mass is 32.1. The van der Waals surface area contributed by atoms with E-state index in [1.165, 1.54) is 12.1 Å². The number of nitrogen functional groups attached to an aromatic ring is 1. The van der Waals surface area contributed by atoms with Crippen molar-refractivity contribution < 1.29 is 17.9 Å². The van der Waals surface area contributed by atoms with Crippen molar-refractivity contribution >= 4 is 33.3 Å². The Bertz CT molecular complexity index is 893. The number of halogens is 3. The summed E-state index contributed by atoms with van der Waals surface area (Å²) in [5.74, 6) is 0.707. The van der Waals surface area contributed by atoms with Crippen LogP contribution in [0, 0.1) is 6.92 Å². The first-order chi connectivity index (χ1) is 12.3. The van der Waals surface area contributed by atoms with E-state index < -0.39 is 6.36 Å². The third-order valence-corrected chi connectivity index (χ3v) is 4.57. The van der Waals surface area contributed by atoms with Gasteiger partial charge in [0.15, 0.2) is 0 Å². The van der Waals surface area contributed by atoms with E-state index in [4.69, 9.17) is 5.73 Å². The fraction of sp³-hybridized carbons (Fsp3) is 0.294. The van der Waals surface area contributed by atoms with Crippen molar-refractivity contribution in [2.75, 3.05) is 17.6 Å². The summed E-state index contributed by atoms with van der Waals surface area (Å²) in [6, 6.07) is 7.91. The summed E-state index contributed by atoms with van der Waals surface area (Å²) < 4.78 is 40.3. The predicted molar refractivity (Wildman–Crippen MR) is 96.5 cm³/mol. The molecule has 3 rings (SSSR count). The number of aromatic nitrogens is 2. The summed E-state index contributed by atoms with van der Waals surface area (Å²) >= 11 is 1.56. The van der Waals surface area contributed by atoms with Crippen molar-refractivity contribution in [1.82, 2.24) is 9.97 Å². The average Bonchev–Trinajstić information content (AvgIpc) is 2.91. The summed E-state index contributed by atoms with van der Waals surface area (Å²) in [6.07, 6.45) is -3.17. The third-order valence-electron chi connectivity index (χ3n) is 3.62. The van der Waals surface area contributed by atoms with Gasteiger partial charge in [0.25, 0.3) is 0 Å². The van der Waals surface area contributed by atoms with Gasteiger partial charge in [-0.05, 0) is 43.5 Å². The van der Waals surface area contributed by atoms with Gasteiger partial charge < -0.3 is 15.8 Å². The molecule has 3 aromatic rings.